The summed E-state index contributed by atoms with van der Waals surface area (Å²) in [6, 6.07) is 9.93. The lowest BCUT2D eigenvalue weighted by molar-refractivity contribution is 0.0529. The summed E-state index contributed by atoms with van der Waals surface area (Å²) in [6.07, 6.45) is 1.48. The first-order chi connectivity index (χ1) is 12.2. The van der Waals surface area contributed by atoms with Gasteiger partial charge >= 0.3 is 5.97 Å². The zero-order valence-corrected chi connectivity index (χ0v) is 14.7. The fraction of sp³-hybridized carbons (Fsp3) is 0.278. The lowest BCUT2D eigenvalue weighted by atomic mass is 10.2. The van der Waals surface area contributed by atoms with Crippen LogP contribution in [0.3, 0.4) is 0 Å². The van der Waals surface area contributed by atoms with Gasteiger partial charge in [-0.15, -0.1) is 11.3 Å². The number of nitrogens with zero attached hydrogens (tertiary/aromatic N) is 3. The highest BCUT2D eigenvalue weighted by atomic mass is 32.1. The summed E-state index contributed by atoms with van der Waals surface area (Å²) >= 11 is 1.38. The molecule has 7 heteroatoms. The molecular weight excluding hydrogens is 338 g/mol. The van der Waals surface area contributed by atoms with E-state index >= 15 is 0 Å². The Bertz CT molecular complexity index is 851. The maximum absolute atomic E-state index is 12.3. The quantitative estimate of drug-likeness (QED) is 0.655. The molecule has 6 nitrogen and oxygen atoms in total. The van der Waals surface area contributed by atoms with Gasteiger partial charge in [-0.2, -0.15) is 0 Å². The summed E-state index contributed by atoms with van der Waals surface area (Å²) in [6.45, 7) is 3.04. The number of esters is 1. The molecular formula is C18H19N3O3S. The van der Waals surface area contributed by atoms with Crippen molar-refractivity contribution < 1.29 is 14.6 Å². The van der Waals surface area contributed by atoms with E-state index in [1.807, 2.05) is 35.2 Å². The highest BCUT2D eigenvalue weighted by molar-refractivity contribution is 7.17. The van der Waals surface area contributed by atoms with Gasteiger partial charge in [0.15, 0.2) is 0 Å². The van der Waals surface area contributed by atoms with E-state index in [0.29, 0.717) is 36.5 Å². The van der Waals surface area contributed by atoms with Crippen LogP contribution >= 0.6 is 11.3 Å². The Morgan fingerprint density at radius 2 is 2.08 bits per heavy atom. The van der Waals surface area contributed by atoms with Gasteiger partial charge in [0.2, 0.25) is 0 Å². The summed E-state index contributed by atoms with van der Waals surface area (Å²) < 4.78 is 5.15. The average Bonchev–Trinajstić information content (AvgIpc) is 3.07. The number of aromatic nitrogens is 2. The van der Waals surface area contributed by atoms with E-state index in [2.05, 4.69) is 9.97 Å². The fourth-order valence-electron chi connectivity index (χ4n) is 2.64. The third-order valence-electron chi connectivity index (χ3n) is 3.73. The number of anilines is 1. The van der Waals surface area contributed by atoms with Crippen LogP contribution in [0, 0.1) is 0 Å². The van der Waals surface area contributed by atoms with Gasteiger partial charge in [-0.25, -0.2) is 14.8 Å². The second-order valence-electron chi connectivity index (χ2n) is 5.38. The maximum atomic E-state index is 12.3. The zero-order chi connectivity index (χ0) is 17.6. The molecule has 0 fully saturated rings. The van der Waals surface area contributed by atoms with Gasteiger partial charge < -0.3 is 14.7 Å². The Labute approximate surface area is 149 Å². The highest BCUT2D eigenvalue weighted by Crippen LogP contribution is 2.32. The predicted molar refractivity (Wildman–Crippen MR) is 97.9 cm³/mol. The molecule has 2 aromatic heterocycles. The number of carbonyl (C=O) groups excluding carboxylic acids is 1. The molecule has 130 valence electrons. The van der Waals surface area contributed by atoms with Crippen molar-refractivity contribution in [3.63, 3.8) is 0 Å². The number of thiophene rings is 1. The minimum Gasteiger partial charge on any atom is -0.462 e. The summed E-state index contributed by atoms with van der Waals surface area (Å²) in [7, 11) is 0. The molecule has 1 N–H and O–H groups in total. The molecule has 0 aliphatic heterocycles. The van der Waals surface area contributed by atoms with Crippen molar-refractivity contribution in [2.75, 3.05) is 24.7 Å². The summed E-state index contributed by atoms with van der Waals surface area (Å²) in [4.78, 5) is 23.6. The van der Waals surface area contributed by atoms with Crippen LogP contribution in [-0.4, -0.2) is 40.8 Å². The first kappa shape index (κ1) is 17.3. The first-order valence-corrected chi connectivity index (χ1v) is 8.91. The molecule has 0 spiro atoms. The summed E-state index contributed by atoms with van der Waals surface area (Å²) in [5.41, 5.74) is 1.56. The Hall–Kier alpha value is -2.51. The van der Waals surface area contributed by atoms with Crippen LogP contribution in [-0.2, 0) is 11.3 Å². The Morgan fingerprint density at radius 1 is 1.28 bits per heavy atom. The molecule has 0 saturated carbocycles. The minimum absolute atomic E-state index is 0.0167. The van der Waals surface area contributed by atoms with Crippen molar-refractivity contribution in [2.45, 2.75) is 13.5 Å². The van der Waals surface area contributed by atoms with Gasteiger partial charge in [-0.1, -0.05) is 30.3 Å². The molecule has 0 saturated heterocycles. The van der Waals surface area contributed by atoms with E-state index in [-0.39, 0.29) is 12.6 Å². The second kappa shape index (κ2) is 8.04. The Kier molecular flexibility index (Phi) is 5.57. The van der Waals surface area contributed by atoms with Gasteiger partial charge in [0.25, 0.3) is 0 Å². The number of fused-ring (bicyclic) bond motifs is 1. The lowest BCUT2D eigenvalue weighted by Crippen LogP contribution is -2.27. The lowest BCUT2D eigenvalue weighted by Gasteiger charge is -2.23. The molecule has 2 heterocycles. The van der Waals surface area contributed by atoms with E-state index in [0.717, 1.165) is 10.4 Å². The summed E-state index contributed by atoms with van der Waals surface area (Å²) in [5.74, 6) is 0.251. The SMILES string of the molecule is CCOC(=O)c1csc2ncnc(N(CCO)Cc3ccccc3)c12. The summed E-state index contributed by atoms with van der Waals surface area (Å²) in [5, 5.41) is 11.9. The van der Waals surface area contributed by atoms with Gasteiger partial charge in [-0.3, -0.25) is 0 Å². The van der Waals surface area contributed by atoms with Crippen molar-refractivity contribution in [1.29, 1.82) is 0 Å². The van der Waals surface area contributed by atoms with Crippen LogP contribution in [0.2, 0.25) is 0 Å². The molecule has 0 radical (unpaired) electrons. The van der Waals surface area contributed by atoms with E-state index in [4.69, 9.17) is 4.74 Å². The third-order valence-corrected chi connectivity index (χ3v) is 4.62. The number of aliphatic hydroxyl groups excluding tert-OH is 1. The average molecular weight is 357 g/mol. The van der Waals surface area contributed by atoms with Crippen LogP contribution in [0.15, 0.2) is 42.0 Å². The topological polar surface area (TPSA) is 75.5 Å². The normalized spacial score (nSPS) is 10.8. The maximum Gasteiger partial charge on any atom is 0.339 e. The monoisotopic (exact) mass is 357 g/mol. The molecule has 0 aliphatic carbocycles. The van der Waals surface area contributed by atoms with Crippen LogP contribution in [0.25, 0.3) is 10.2 Å². The third kappa shape index (κ3) is 3.78. The molecule has 0 atom stereocenters. The van der Waals surface area contributed by atoms with Gasteiger partial charge in [0.05, 0.1) is 24.2 Å². The molecule has 25 heavy (non-hydrogen) atoms. The van der Waals surface area contributed by atoms with E-state index < -0.39 is 0 Å². The van der Waals surface area contributed by atoms with Crippen LogP contribution in [0.4, 0.5) is 5.82 Å². The van der Waals surface area contributed by atoms with Crippen molar-refractivity contribution in [2.24, 2.45) is 0 Å². The van der Waals surface area contributed by atoms with Gasteiger partial charge in [0, 0.05) is 18.5 Å². The second-order valence-corrected chi connectivity index (χ2v) is 6.24. The molecule has 3 rings (SSSR count). The number of benzene rings is 1. The van der Waals surface area contributed by atoms with Crippen molar-refractivity contribution in [3.8, 4) is 0 Å². The number of carbonyl (C=O) groups is 1. The van der Waals surface area contributed by atoms with Crippen LogP contribution < -0.4 is 4.90 Å². The van der Waals surface area contributed by atoms with E-state index in [1.54, 1.807) is 12.3 Å². The molecule has 0 amide bonds. The standard InChI is InChI=1S/C18H19N3O3S/c1-2-24-18(23)14-11-25-17-15(14)16(19-12-20-17)21(8-9-22)10-13-6-4-3-5-7-13/h3-7,11-12,22H,2,8-10H2,1H3. The fourth-order valence-corrected chi connectivity index (χ4v) is 3.51. The number of ether oxygens (including phenoxy) is 1. The number of rotatable bonds is 7. The Balaban J connectivity index is 2.04. The minimum atomic E-state index is -0.381. The largest absolute Gasteiger partial charge is 0.462 e. The molecule has 0 aliphatic rings. The number of hydrogen-bond donors (Lipinski definition) is 1. The molecule has 1 aromatic carbocycles. The number of aliphatic hydroxyl groups is 1. The predicted octanol–water partition coefficient (Wildman–Crippen LogP) is 2.87. The number of hydrogen-bond acceptors (Lipinski definition) is 7. The van der Waals surface area contributed by atoms with Crippen molar-refractivity contribution >= 4 is 33.3 Å². The van der Waals surface area contributed by atoms with Crippen molar-refractivity contribution in [3.05, 3.63) is 53.2 Å². The molecule has 3 aromatic rings. The van der Waals surface area contributed by atoms with Crippen LogP contribution in [0.1, 0.15) is 22.8 Å². The van der Waals surface area contributed by atoms with Crippen LogP contribution in [0.5, 0.6) is 0 Å². The first-order valence-electron chi connectivity index (χ1n) is 8.03. The molecule has 0 unspecified atom stereocenters. The van der Waals surface area contributed by atoms with Crippen molar-refractivity contribution in [1.82, 2.24) is 9.97 Å². The van der Waals surface area contributed by atoms with E-state index in [9.17, 15) is 9.90 Å². The Morgan fingerprint density at radius 3 is 2.80 bits per heavy atom. The van der Waals surface area contributed by atoms with E-state index in [1.165, 1.54) is 17.7 Å². The highest BCUT2D eigenvalue weighted by Gasteiger charge is 2.21. The van der Waals surface area contributed by atoms with Gasteiger partial charge in [0.1, 0.15) is 17.0 Å². The molecule has 0 bridgehead atoms. The smallest absolute Gasteiger partial charge is 0.339 e. The zero-order valence-electron chi connectivity index (χ0n) is 13.9. The van der Waals surface area contributed by atoms with Gasteiger partial charge in [-0.05, 0) is 12.5 Å².